The smallest absolute Gasteiger partial charge is 0.119 e. The number of rotatable bonds is 4. The van der Waals surface area contributed by atoms with Crippen molar-refractivity contribution in [3.05, 3.63) is 54.4 Å². The molecule has 0 saturated carbocycles. The van der Waals surface area contributed by atoms with Gasteiger partial charge in [-0.2, -0.15) is 0 Å². The van der Waals surface area contributed by atoms with Crippen LogP contribution in [0, 0.1) is 0 Å². The van der Waals surface area contributed by atoms with E-state index in [4.69, 9.17) is 4.74 Å². The van der Waals surface area contributed by atoms with Crippen LogP contribution in [0.1, 0.15) is 5.56 Å². The van der Waals surface area contributed by atoms with Gasteiger partial charge < -0.3 is 9.64 Å². The van der Waals surface area contributed by atoms with Crippen LogP contribution in [0.2, 0.25) is 0 Å². The average molecular weight is 228 g/mol. The highest BCUT2D eigenvalue weighted by Gasteiger charge is 1.97. The van der Waals surface area contributed by atoms with Crippen LogP contribution in [0.25, 0.3) is 0 Å². The average Bonchev–Trinajstić information content (AvgIpc) is 2.38. The molecule has 0 N–H and O–H groups in total. The van der Waals surface area contributed by atoms with Crippen LogP contribution in [0.4, 0.5) is 5.69 Å². The molecule has 0 bridgehead atoms. The summed E-state index contributed by atoms with van der Waals surface area (Å²) in [6.45, 7) is 0.573. The summed E-state index contributed by atoms with van der Waals surface area (Å²) in [4.78, 5) is 6.03. The molecular weight excluding hydrogens is 212 g/mol. The Kier molecular flexibility index (Phi) is 3.60. The van der Waals surface area contributed by atoms with Crippen LogP contribution >= 0.6 is 0 Å². The third-order valence-corrected chi connectivity index (χ3v) is 2.51. The van der Waals surface area contributed by atoms with Gasteiger partial charge in [0.1, 0.15) is 12.4 Å². The maximum atomic E-state index is 5.68. The lowest BCUT2D eigenvalue weighted by atomic mass is 10.3. The number of benzene rings is 1. The zero-order chi connectivity index (χ0) is 12.1. The number of aromatic nitrogens is 1. The van der Waals surface area contributed by atoms with Crippen LogP contribution in [0.3, 0.4) is 0 Å². The summed E-state index contributed by atoms with van der Waals surface area (Å²) in [6.07, 6.45) is 3.54. The van der Waals surface area contributed by atoms with Gasteiger partial charge in [0.15, 0.2) is 0 Å². The van der Waals surface area contributed by atoms with Crippen LogP contribution < -0.4 is 9.64 Å². The van der Waals surface area contributed by atoms with E-state index in [1.165, 1.54) is 5.69 Å². The molecule has 0 unspecified atom stereocenters. The fourth-order valence-corrected chi connectivity index (χ4v) is 1.49. The van der Waals surface area contributed by atoms with E-state index < -0.39 is 0 Å². The molecule has 0 saturated heterocycles. The lowest BCUT2D eigenvalue weighted by molar-refractivity contribution is 0.306. The summed E-state index contributed by atoms with van der Waals surface area (Å²) in [6, 6.07) is 12.0. The lowest BCUT2D eigenvalue weighted by Gasteiger charge is -2.13. The molecule has 3 nitrogen and oxygen atoms in total. The SMILES string of the molecule is CN(C)c1ccc(OCc2ccncc2)cc1. The minimum Gasteiger partial charge on any atom is -0.489 e. The topological polar surface area (TPSA) is 25.4 Å². The molecule has 0 fully saturated rings. The van der Waals surface area contributed by atoms with Gasteiger partial charge in [-0.1, -0.05) is 0 Å². The fraction of sp³-hybridized carbons (Fsp3) is 0.214. The molecule has 1 aromatic heterocycles. The molecule has 0 aliphatic carbocycles. The van der Waals surface area contributed by atoms with E-state index in [1.807, 2.05) is 50.5 Å². The van der Waals surface area contributed by atoms with E-state index in [2.05, 4.69) is 9.88 Å². The van der Waals surface area contributed by atoms with E-state index >= 15 is 0 Å². The Labute approximate surface area is 102 Å². The van der Waals surface area contributed by atoms with Crippen molar-refractivity contribution in [3.63, 3.8) is 0 Å². The van der Waals surface area contributed by atoms with Gasteiger partial charge >= 0.3 is 0 Å². The van der Waals surface area contributed by atoms with Crippen molar-refractivity contribution in [1.82, 2.24) is 4.98 Å². The monoisotopic (exact) mass is 228 g/mol. The summed E-state index contributed by atoms with van der Waals surface area (Å²) in [7, 11) is 4.04. The number of hydrogen-bond acceptors (Lipinski definition) is 3. The summed E-state index contributed by atoms with van der Waals surface area (Å²) in [5.74, 6) is 0.882. The van der Waals surface area contributed by atoms with Gasteiger partial charge in [-0.15, -0.1) is 0 Å². The van der Waals surface area contributed by atoms with Crippen molar-refractivity contribution in [3.8, 4) is 5.75 Å². The molecule has 3 heteroatoms. The maximum absolute atomic E-state index is 5.68. The molecular formula is C14H16N2O. The number of nitrogens with zero attached hydrogens (tertiary/aromatic N) is 2. The zero-order valence-corrected chi connectivity index (χ0v) is 10.1. The van der Waals surface area contributed by atoms with Gasteiger partial charge in [0.25, 0.3) is 0 Å². The van der Waals surface area contributed by atoms with Crippen molar-refractivity contribution >= 4 is 5.69 Å². The van der Waals surface area contributed by atoms with Gasteiger partial charge in [-0.05, 0) is 42.0 Å². The number of ether oxygens (including phenoxy) is 1. The van der Waals surface area contributed by atoms with Crippen molar-refractivity contribution in [2.45, 2.75) is 6.61 Å². The molecule has 1 aromatic carbocycles. The van der Waals surface area contributed by atoms with Gasteiger partial charge in [0.2, 0.25) is 0 Å². The molecule has 88 valence electrons. The summed E-state index contributed by atoms with van der Waals surface area (Å²) in [5, 5.41) is 0. The number of hydrogen-bond donors (Lipinski definition) is 0. The molecule has 2 aromatic rings. The van der Waals surface area contributed by atoms with Gasteiger partial charge in [0, 0.05) is 32.2 Å². The predicted octanol–water partition coefficient (Wildman–Crippen LogP) is 2.73. The fourth-order valence-electron chi connectivity index (χ4n) is 1.49. The molecule has 0 atom stereocenters. The van der Waals surface area contributed by atoms with Gasteiger partial charge in [-0.25, -0.2) is 0 Å². The lowest BCUT2D eigenvalue weighted by Crippen LogP contribution is -2.08. The molecule has 17 heavy (non-hydrogen) atoms. The number of pyridine rings is 1. The van der Waals surface area contributed by atoms with E-state index in [-0.39, 0.29) is 0 Å². The van der Waals surface area contributed by atoms with E-state index in [1.54, 1.807) is 12.4 Å². The Bertz CT molecular complexity index is 451. The second kappa shape index (κ2) is 5.34. The second-order valence-corrected chi connectivity index (χ2v) is 4.03. The normalized spacial score (nSPS) is 10.0. The maximum Gasteiger partial charge on any atom is 0.119 e. The number of anilines is 1. The van der Waals surface area contributed by atoms with Crippen LogP contribution in [0.15, 0.2) is 48.8 Å². The first-order chi connectivity index (χ1) is 8.25. The Morgan fingerprint density at radius 2 is 1.65 bits per heavy atom. The Morgan fingerprint density at radius 1 is 1.00 bits per heavy atom. The van der Waals surface area contributed by atoms with Crippen molar-refractivity contribution < 1.29 is 4.74 Å². The van der Waals surface area contributed by atoms with Crippen molar-refractivity contribution in [1.29, 1.82) is 0 Å². The highest BCUT2D eigenvalue weighted by Crippen LogP contribution is 2.18. The van der Waals surface area contributed by atoms with Crippen molar-refractivity contribution in [2.24, 2.45) is 0 Å². The predicted molar refractivity (Wildman–Crippen MR) is 69.3 cm³/mol. The van der Waals surface area contributed by atoms with Gasteiger partial charge in [0.05, 0.1) is 0 Å². The minimum atomic E-state index is 0.573. The van der Waals surface area contributed by atoms with Crippen LogP contribution in [-0.2, 0) is 6.61 Å². The molecule has 0 aliphatic rings. The molecule has 0 spiro atoms. The van der Waals surface area contributed by atoms with E-state index in [9.17, 15) is 0 Å². The standard InChI is InChI=1S/C14H16N2O/c1-16(2)13-3-5-14(6-4-13)17-11-12-7-9-15-10-8-12/h3-10H,11H2,1-2H3. The third-order valence-electron chi connectivity index (χ3n) is 2.51. The second-order valence-electron chi connectivity index (χ2n) is 4.03. The zero-order valence-electron chi connectivity index (χ0n) is 10.1. The Hall–Kier alpha value is -2.03. The Morgan fingerprint density at radius 3 is 2.24 bits per heavy atom. The quantitative estimate of drug-likeness (QED) is 0.804. The summed E-state index contributed by atoms with van der Waals surface area (Å²) < 4.78 is 5.68. The molecule has 2 rings (SSSR count). The molecule has 1 heterocycles. The van der Waals surface area contributed by atoms with Crippen molar-refractivity contribution in [2.75, 3.05) is 19.0 Å². The minimum absolute atomic E-state index is 0.573. The molecule has 0 radical (unpaired) electrons. The first-order valence-corrected chi connectivity index (χ1v) is 5.55. The van der Waals surface area contributed by atoms with E-state index in [0.717, 1.165) is 11.3 Å². The molecule has 0 amide bonds. The van der Waals surface area contributed by atoms with E-state index in [0.29, 0.717) is 6.61 Å². The van der Waals surface area contributed by atoms with Gasteiger partial charge in [-0.3, -0.25) is 4.98 Å². The highest BCUT2D eigenvalue weighted by atomic mass is 16.5. The van der Waals surface area contributed by atoms with Crippen LogP contribution in [0.5, 0.6) is 5.75 Å². The first kappa shape index (κ1) is 11.5. The highest BCUT2D eigenvalue weighted by molar-refractivity contribution is 5.47. The summed E-state index contributed by atoms with van der Waals surface area (Å²) in [5.41, 5.74) is 2.29. The molecule has 0 aliphatic heterocycles. The summed E-state index contributed by atoms with van der Waals surface area (Å²) >= 11 is 0. The third kappa shape index (κ3) is 3.21. The first-order valence-electron chi connectivity index (χ1n) is 5.55. The van der Waals surface area contributed by atoms with Crippen LogP contribution in [-0.4, -0.2) is 19.1 Å². The Balaban J connectivity index is 1.96. The largest absolute Gasteiger partial charge is 0.489 e.